The van der Waals surface area contributed by atoms with E-state index in [2.05, 4.69) is 22.5 Å². The van der Waals surface area contributed by atoms with Crippen LogP contribution in [0, 0.1) is 6.07 Å². The molecule has 0 aliphatic carbocycles. The number of hydrogen-bond donors (Lipinski definition) is 0. The fourth-order valence-corrected chi connectivity index (χ4v) is 1.20. The van der Waals surface area contributed by atoms with Crippen molar-refractivity contribution in [2.45, 2.75) is 13.5 Å². The highest BCUT2D eigenvalue weighted by Crippen LogP contribution is 2.10. The minimum absolute atomic E-state index is 0.967. The Morgan fingerprint density at radius 1 is 1.64 bits per heavy atom. The third-order valence-electron chi connectivity index (χ3n) is 1.81. The van der Waals surface area contributed by atoms with E-state index < -0.39 is 0 Å². The highest BCUT2D eigenvalue weighted by Gasteiger charge is 1.96. The van der Waals surface area contributed by atoms with Gasteiger partial charge in [0.15, 0.2) is 0 Å². The van der Waals surface area contributed by atoms with Crippen LogP contribution in [0.2, 0.25) is 0 Å². The Morgan fingerprint density at radius 3 is 3.36 bits per heavy atom. The van der Waals surface area contributed by atoms with Crippen LogP contribution >= 0.6 is 0 Å². The Kier molecular flexibility index (Phi) is 1.39. The number of benzene rings is 1. The fraction of sp³-hybridized carbons (Fsp3) is 0.222. The zero-order chi connectivity index (χ0) is 7.68. The Hall–Kier alpha value is -1.31. The third kappa shape index (κ3) is 0.909. The maximum Gasteiger partial charge on any atom is 0.0958 e. The van der Waals surface area contributed by atoms with Gasteiger partial charge in [-0.05, 0) is 25.1 Å². The highest BCUT2D eigenvalue weighted by atomic mass is 15.0. The summed E-state index contributed by atoms with van der Waals surface area (Å²) in [4.78, 5) is 4.23. The molecule has 1 aromatic carbocycles. The van der Waals surface area contributed by atoms with Gasteiger partial charge in [0.05, 0.1) is 17.4 Å². The van der Waals surface area contributed by atoms with Gasteiger partial charge in [-0.1, -0.05) is 6.07 Å². The van der Waals surface area contributed by atoms with Gasteiger partial charge in [0.25, 0.3) is 0 Å². The summed E-state index contributed by atoms with van der Waals surface area (Å²) in [6.07, 6.45) is 1.86. The third-order valence-corrected chi connectivity index (χ3v) is 1.81. The van der Waals surface area contributed by atoms with Gasteiger partial charge in [-0.2, -0.15) is 0 Å². The van der Waals surface area contributed by atoms with Crippen molar-refractivity contribution in [2.24, 2.45) is 0 Å². The minimum Gasteiger partial charge on any atom is -0.331 e. The molecule has 0 unspecified atom stereocenters. The molecule has 0 atom stereocenters. The van der Waals surface area contributed by atoms with Crippen LogP contribution in [0.1, 0.15) is 6.92 Å². The van der Waals surface area contributed by atoms with Gasteiger partial charge in [-0.25, -0.2) is 4.98 Å². The van der Waals surface area contributed by atoms with E-state index in [1.54, 1.807) is 0 Å². The van der Waals surface area contributed by atoms with Crippen molar-refractivity contribution in [3.05, 3.63) is 30.6 Å². The zero-order valence-corrected chi connectivity index (χ0v) is 6.41. The van der Waals surface area contributed by atoms with Crippen LogP contribution in [-0.4, -0.2) is 9.55 Å². The second-order valence-corrected chi connectivity index (χ2v) is 2.45. The lowest BCUT2D eigenvalue weighted by molar-refractivity contribution is 0.787. The van der Waals surface area contributed by atoms with Gasteiger partial charge in [-0.15, -0.1) is 0 Å². The first-order valence-corrected chi connectivity index (χ1v) is 3.72. The lowest BCUT2D eigenvalue weighted by atomic mass is 10.3. The maximum absolute atomic E-state index is 4.23. The van der Waals surface area contributed by atoms with Crippen LogP contribution < -0.4 is 0 Å². The Bertz CT molecular complexity index is 362. The van der Waals surface area contributed by atoms with Gasteiger partial charge >= 0.3 is 0 Å². The lowest BCUT2D eigenvalue weighted by Gasteiger charge is -1.95. The van der Waals surface area contributed by atoms with E-state index in [4.69, 9.17) is 0 Å². The van der Waals surface area contributed by atoms with Gasteiger partial charge in [0, 0.05) is 6.54 Å². The summed E-state index contributed by atoms with van der Waals surface area (Å²) in [7, 11) is 0. The molecule has 2 rings (SSSR count). The number of fused-ring (bicyclic) bond motifs is 1. The van der Waals surface area contributed by atoms with Gasteiger partial charge in [-0.3, -0.25) is 0 Å². The molecule has 0 aliphatic rings. The molecule has 0 saturated carbocycles. The molecular formula is C9H9N2. The fourth-order valence-electron chi connectivity index (χ4n) is 1.20. The number of hydrogen-bond acceptors (Lipinski definition) is 1. The average Bonchev–Trinajstić information content (AvgIpc) is 2.47. The van der Waals surface area contributed by atoms with Gasteiger partial charge in [0.1, 0.15) is 0 Å². The Balaban J connectivity index is 2.76. The first-order valence-electron chi connectivity index (χ1n) is 3.72. The molecule has 0 amide bonds. The van der Waals surface area contributed by atoms with Crippen LogP contribution in [0.3, 0.4) is 0 Å². The summed E-state index contributed by atoms with van der Waals surface area (Å²) in [6.45, 7) is 3.07. The van der Waals surface area contributed by atoms with E-state index in [-0.39, 0.29) is 0 Å². The summed E-state index contributed by atoms with van der Waals surface area (Å²) >= 11 is 0. The van der Waals surface area contributed by atoms with Crippen LogP contribution in [0.25, 0.3) is 11.0 Å². The molecule has 55 valence electrons. The molecule has 0 spiro atoms. The van der Waals surface area contributed by atoms with E-state index in [0.717, 1.165) is 17.6 Å². The first-order chi connectivity index (χ1) is 5.42. The van der Waals surface area contributed by atoms with E-state index >= 15 is 0 Å². The predicted octanol–water partition coefficient (Wildman–Crippen LogP) is 1.86. The summed E-state index contributed by atoms with van der Waals surface area (Å²) in [5.74, 6) is 0. The number of aromatic nitrogens is 2. The maximum atomic E-state index is 4.23. The number of rotatable bonds is 1. The second-order valence-electron chi connectivity index (χ2n) is 2.45. The molecule has 11 heavy (non-hydrogen) atoms. The summed E-state index contributed by atoms with van der Waals surface area (Å²) < 4.78 is 2.10. The van der Waals surface area contributed by atoms with Crippen molar-refractivity contribution < 1.29 is 0 Å². The predicted molar refractivity (Wildman–Crippen MR) is 44.2 cm³/mol. The second kappa shape index (κ2) is 2.38. The lowest BCUT2D eigenvalue weighted by Crippen LogP contribution is -1.89. The van der Waals surface area contributed by atoms with Crippen molar-refractivity contribution in [1.29, 1.82) is 0 Å². The molecule has 0 N–H and O–H groups in total. The van der Waals surface area contributed by atoms with Crippen LogP contribution in [0.15, 0.2) is 24.5 Å². The standard InChI is InChI=1S/C9H9N2/c1-2-11-7-10-8-5-3-4-6-9(8)11/h3,5-7H,2H2,1H3. The number of aryl methyl sites for hydroxylation is 1. The van der Waals surface area contributed by atoms with Gasteiger partial charge in [0.2, 0.25) is 0 Å². The Labute approximate surface area is 65.5 Å². The van der Waals surface area contributed by atoms with E-state index in [9.17, 15) is 0 Å². The first kappa shape index (κ1) is 6.40. The smallest absolute Gasteiger partial charge is 0.0958 e. The monoisotopic (exact) mass is 145 g/mol. The molecule has 2 aromatic rings. The largest absolute Gasteiger partial charge is 0.331 e. The molecule has 1 aromatic heterocycles. The van der Waals surface area contributed by atoms with Crippen molar-refractivity contribution >= 4 is 11.0 Å². The summed E-state index contributed by atoms with van der Waals surface area (Å²) in [6, 6.07) is 8.86. The quantitative estimate of drug-likeness (QED) is 0.598. The molecule has 0 fully saturated rings. The van der Waals surface area contributed by atoms with Crippen molar-refractivity contribution in [1.82, 2.24) is 9.55 Å². The molecule has 2 nitrogen and oxygen atoms in total. The molecule has 2 heteroatoms. The van der Waals surface area contributed by atoms with Crippen LogP contribution in [0.5, 0.6) is 0 Å². The molecule has 1 heterocycles. The molecule has 1 radical (unpaired) electrons. The zero-order valence-electron chi connectivity index (χ0n) is 6.41. The van der Waals surface area contributed by atoms with Crippen LogP contribution in [-0.2, 0) is 6.54 Å². The Morgan fingerprint density at radius 2 is 2.55 bits per heavy atom. The van der Waals surface area contributed by atoms with Crippen molar-refractivity contribution in [3.8, 4) is 0 Å². The molecule has 0 saturated heterocycles. The SMILES string of the molecule is CCn1cnc2cc[c]cc21. The van der Waals surface area contributed by atoms with E-state index in [1.807, 2.05) is 24.5 Å². The van der Waals surface area contributed by atoms with Crippen molar-refractivity contribution in [2.75, 3.05) is 0 Å². The minimum atomic E-state index is 0.967. The topological polar surface area (TPSA) is 17.8 Å². The van der Waals surface area contributed by atoms with E-state index in [1.165, 1.54) is 0 Å². The normalized spacial score (nSPS) is 10.6. The van der Waals surface area contributed by atoms with Crippen molar-refractivity contribution in [3.63, 3.8) is 0 Å². The molecular weight excluding hydrogens is 136 g/mol. The van der Waals surface area contributed by atoms with Crippen LogP contribution in [0.4, 0.5) is 0 Å². The number of nitrogens with zero attached hydrogens (tertiary/aromatic N) is 2. The van der Waals surface area contributed by atoms with Gasteiger partial charge < -0.3 is 4.57 Å². The van der Waals surface area contributed by atoms with E-state index in [0.29, 0.717) is 0 Å². The molecule has 0 aliphatic heterocycles. The molecule has 0 bridgehead atoms. The summed E-state index contributed by atoms with van der Waals surface area (Å²) in [5.41, 5.74) is 2.21. The highest BCUT2D eigenvalue weighted by molar-refractivity contribution is 5.74. The summed E-state index contributed by atoms with van der Waals surface area (Å²) in [5, 5.41) is 0. The number of imidazole rings is 1. The average molecular weight is 145 g/mol.